The molecule has 0 bridgehead atoms. The molecule has 2 heterocycles. The first-order valence-corrected chi connectivity index (χ1v) is 7.38. The third kappa shape index (κ3) is 2.81. The molecule has 23 heavy (non-hydrogen) atoms. The molecule has 2 aromatic rings. The molecule has 0 saturated heterocycles. The van der Waals surface area contributed by atoms with Crippen LogP contribution >= 0.6 is 11.6 Å². The molecule has 2 aromatic heterocycles. The monoisotopic (exact) mass is 344 g/mol. The lowest BCUT2D eigenvalue weighted by molar-refractivity contribution is -0.136. The number of alkyl halides is 3. The van der Waals surface area contributed by atoms with E-state index in [9.17, 15) is 18.0 Å². The van der Waals surface area contributed by atoms with Gasteiger partial charge in [-0.25, -0.2) is 9.78 Å². The minimum absolute atomic E-state index is 0.337. The third-order valence-electron chi connectivity index (χ3n) is 3.83. The van der Waals surface area contributed by atoms with Crippen molar-refractivity contribution in [1.82, 2.24) is 9.38 Å². The van der Waals surface area contributed by atoms with Gasteiger partial charge in [-0.3, -0.25) is 4.40 Å². The first-order valence-electron chi connectivity index (χ1n) is 7.00. The van der Waals surface area contributed by atoms with Crippen LogP contribution in [0.3, 0.4) is 0 Å². The Bertz CT molecular complexity index is 824. The summed E-state index contributed by atoms with van der Waals surface area (Å²) < 4.78 is 41.0. The highest BCUT2D eigenvalue weighted by Crippen LogP contribution is 2.37. The summed E-state index contributed by atoms with van der Waals surface area (Å²) in [4.78, 5) is 14.6. The zero-order chi connectivity index (χ0) is 16.8. The summed E-state index contributed by atoms with van der Waals surface area (Å²) >= 11 is 5.92. The highest BCUT2D eigenvalue weighted by atomic mass is 35.5. The van der Waals surface area contributed by atoms with Gasteiger partial charge in [0, 0.05) is 6.20 Å². The Labute approximate surface area is 134 Å². The topological polar surface area (TPSA) is 54.6 Å². The van der Waals surface area contributed by atoms with Gasteiger partial charge in [0.25, 0.3) is 0 Å². The van der Waals surface area contributed by atoms with Crippen LogP contribution < -0.4 is 0 Å². The van der Waals surface area contributed by atoms with Crippen molar-refractivity contribution in [2.75, 3.05) is 0 Å². The summed E-state index contributed by atoms with van der Waals surface area (Å²) in [6.07, 6.45) is 2.08. The van der Waals surface area contributed by atoms with E-state index < -0.39 is 29.1 Å². The predicted octanol–water partition coefficient (Wildman–Crippen LogP) is 4.66. The van der Waals surface area contributed by atoms with E-state index in [1.165, 1.54) is 6.20 Å². The van der Waals surface area contributed by atoms with E-state index in [1.807, 2.05) is 6.08 Å². The Balaban J connectivity index is 2.30. The molecule has 1 N–H and O–H groups in total. The second-order valence-electron chi connectivity index (χ2n) is 5.37. The lowest BCUT2D eigenvalue weighted by Crippen LogP contribution is -2.09. The molecular formula is C15H12ClF3N2O2. The molecular weight excluding hydrogens is 333 g/mol. The Morgan fingerprint density at radius 2 is 2.09 bits per heavy atom. The molecule has 4 nitrogen and oxygen atoms in total. The van der Waals surface area contributed by atoms with Crippen LogP contribution in [0, 0.1) is 0 Å². The third-order valence-corrected chi connectivity index (χ3v) is 4.19. The van der Waals surface area contributed by atoms with Gasteiger partial charge in [-0.1, -0.05) is 17.7 Å². The normalized spacial score (nSPS) is 15.7. The summed E-state index contributed by atoms with van der Waals surface area (Å²) in [5, 5.41) is 8.69. The SMILES string of the molecule is O=C(O)c1nc2c(C(F)(F)F)cc(C3=CCCCC3)cn2c1Cl. The molecule has 0 unspecified atom stereocenters. The molecule has 1 aliphatic rings. The highest BCUT2D eigenvalue weighted by Gasteiger charge is 2.36. The van der Waals surface area contributed by atoms with E-state index in [4.69, 9.17) is 16.7 Å². The largest absolute Gasteiger partial charge is 0.476 e. The van der Waals surface area contributed by atoms with Crippen molar-refractivity contribution >= 4 is 28.8 Å². The summed E-state index contributed by atoms with van der Waals surface area (Å²) in [5.74, 6) is -1.47. The van der Waals surface area contributed by atoms with Gasteiger partial charge in [-0.2, -0.15) is 13.2 Å². The zero-order valence-corrected chi connectivity index (χ0v) is 12.6. The lowest BCUT2D eigenvalue weighted by Gasteiger charge is -2.16. The summed E-state index contributed by atoms with van der Waals surface area (Å²) in [7, 11) is 0. The Morgan fingerprint density at radius 1 is 1.35 bits per heavy atom. The number of hydrogen-bond donors (Lipinski definition) is 1. The number of fused-ring (bicyclic) bond motifs is 1. The average Bonchev–Trinajstić information content (AvgIpc) is 2.84. The maximum atomic E-state index is 13.3. The average molecular weight is 345 g/mol. The van der Waals surface area contributed by atoms with Crippen molar-refractivity contribution in [3.63, 3.8) is 0 Å². The maximum Gasteiger partial charge on any atom is 0.420 e. The van der Waals surface area contributed by atoms with Gasteiger partial charge in [-0.15, -0.1) is 0 Å². The number of hydrogen-bond acceptors (Lipinski definition) is 2. The number of aromatic carboxylic acids is 1. The van der Waals surface area contributed by atoms with Gasteiger partial charge in [0.1, 0.15) is 5.15 Å². The van der Waals surface area contributed by atoms with Gasteiger partial charge in [-0.05, 0) is 42.9 Å². The number of aromatic nitrogens is 2. The number of rotatable bonds is 2. The van der Waals surface area contributed by atoms with Crippen molar-refractivity contribution in [2.24, 2.45) is 0 Å². The van der Waals surface area contributed by atoms with Crippen molar-refractivity contribution < 1.29 is 23.1 Å². The first-order chi connectivity index (χ1) is 10.8. The summed E-state index contributed by atoms with van der Waals surface area (Å²) in [6, 6.07) is 1.02. The zero-order valence-electron chi connectivity index (χ0n) is 11.8. The molecule has 0 atom stereocenters. The fourth-order valence-electron chi connectivity index (χ4n) is 2.74. The van der Waals surface area contributed by atoms with Gasteiger partial charge >= 0.3 is 12.1 Å². The number of carboxylic acids is 1. The number of allylic oxidation sites excluding steroid dienone is 2. The summed E-state index contributed by atoms with van der Waals surface area (Å²) in [6.45, 7) is 0. The molecule has 0 amide bonds. The van der Waals surface area contributed by atoms with Gasteiger partial charge in [0.2, 0.25) is 0 Å². The molecule has 0 fully saturated rings. The predicted molar refractivity (Wildman–Crippen MR) is 78.6 cm³/mol. The van der Waals surface area contributed by atoms with Crippen LogP contribution in [0.2, 0.25) is 5.15 Å². The van der Waals surface area contributed by atoms with E-state index in [2.05, 4.69) is 4.98 Å². The Kier molecular flexibility index (Phi) is 3.83. The van der Waals surface area contributed by atoms with Crippen LogP contribution in [0.4, 0.5) is 13.2 Å². The molecule has 122 valence electrons. The highest BCUT2D eigenvalue weighted by molar-refractivity contribution is 6.32. The number of carbonyl (C=O) groups is 1. The first kappa shape index (κ1) is 15.9. The van der Waals surface area contributed by atoms with E-state index >= 15 is 0 Å². The van der Waals surface area contributed by atoms with Gasteiger partial charge in [0.15, 0.2) is 11.3 Å². The smallest absolute Gasteiger partial charge is 0.420 e. The minimum Gasteiger partial charge on any atom is -0.476 e. The standard InChI is InChI=1S/C15H12ClF3N2O2/c16-12-11(14(22)23)20-13-10(15(17,18)19)6-9(7-21(12)13)8-4-2-1-3-5-8/h4,6-7H,1-3,5H2,(H,22,23). The number of nitrogens with zero attached hydrogens (tertiary/aromatic N) is 2. The molecule has 0 spiro atoms. The van der Waals surface area contributed by atoms with Crippen LogP contribution in [0.5, 0.6) is 0 Å². The Morgan fingerprint density at radius 3 is 2.65 bits per heavy atom. The van der Waals surface area contributed by atoms with E-state index in [1.54, 1.807) is 0 Å². The molecule has 0 aromatic carbocycles. The number of pyridine rings is 1. The second kappa shape index (κ2) is 5.56. The van der Waals surface area contributed by atoms with Crippen molar-refractivity contribution in [3.8, 4) is 0 Å². The van der Waals surface area contributed by atoms with E-state index in [0.717, 1.165) is 35.3 Å². The van der Waals surface area contributed by atoms with Crippen LogP contribution in [0.15, 0.2) is 18.3 Å². The maximum absolute atomic E-state index is 13.3. The van der Waals surface area contributed by atoms with Crippen molar-refractivity contribution in [3.05, 3.63) is 40.3 Å². The summed E-state index contributed by atoms with van der Waals surface area (Å²) in [5.41, 5.74) is -0.881. The molecule has 1 aliphatic carbocycles. The molecule has 0 aliphatic heterocycles. The molecule has 0 saturated carbocycles. The molecule has 0 radical (unpaired) electrons. The van der Waals surface area contributed by atoms with Crippen molar-refractivity contribution in [1.29, 1.82) is 0 Å². The minimum atomic E-state index is -4.66. The molecule has 3 rings (SSSR count). The fourth-order valence-corrected chi connectivity index (χ4v) is 2.99. The van der Waals surface area contributed by atoms with Gasteiger partial charge in [0.05, 0.1) is 5.56 Å². The van der Waals surface area contributed by atoms with Crippen LogP contribution in [0.25, 0.3) is 11.2 Å². The fraction of sp³-hybridized carbons (Fsp3) is 0.333. The van der Waals surface area contributed by atoms with Crippen LogP contribution in [0.1, 0.15) is 47.3 Å². The second-order valence-corrected chi connectivity index (χ2v) is 5.72. The van der Waals surface area contributed by atoms with Crippen LogP contribution in [-0.2, 0) is 6.18 Å². The van der Waals surface area contributed by atoms with Crippen LogP contribution in [-0.4, -0.2) is 20.5 Å². The Hall–Kier alpha value is -2.02. The molecule has 8 heteroatoms. The van der Waals surface area contributed by atoms with Crippen molar-refractivity contribution in [2.45, 2.75) is 31.9 Å². The van der Waals surface area contributed by atoms with Gasteiger partial charge < -0.3 is 5.11 Å². The number of imidazole rings is 1. The quantitative estimate of drug-likeness (QED) is 0.861. The number of carboxylic acid groups (broad SMARTS) is 1. The lowest BCUT2D eigenvalue weighted by atomic mass is 9.94. The number of halogens is 4. The van der Waals surface area contributed by atoms with E-state index in [0.29, 0.717) is 12.0 Å². The van der Waals surface area contributed by atoms with E-state index in [-0.39, 0.29) is 5.15 Å².